The zero-order valence-electron chi connectivity index (χ0n) is 16.7. The fourth-order valence-electron chi connectivity index (χ4n) is 3.11. The molecular formula is C19H26ClN5O2S. The molecule has 0 atom stereocenters. The highest BCUT2D eigenvalue weighted by atomic mass is 35.5. The number of ether oxygens (including phenoxy) is 1. The second kappa shape index (κ2) is 8.61. The van der Waals surface area contributed by atoms with Crippen molar-refractivity contribution in [2.75, 3.05) is 18.4 Å². The number of aryl methyl sites for hydroxylation is 1. The van der Waals surface area contributed by atoms with Crippen LogP contribution in [0.3, 0.4) is 0 Å². The third-order valence-electron chi connectivity index (χ3n) is 4.35. The van der Waals surface area contributed by atoms with Gasteiger partial charge >= 0.3 is 6.09 Å². The number of thiazole rings is 1. The molecule has 0 radical (unpaired) electrons. The summed E-state index contributed by atoms with van der Waals surface area (Å²) in [5.41, 5.74) is 0.440. The quantitative estimate of drug-likeness (QED) is 0.758. The Balaban J connectivity index is 1.57. The maximum Gasteiger partial charge on any atom is 0.410 e. The minimum Gasteiger partial charge on any atom is -0.444 e. The Hall–Kier alpha value is -1.93. The molecule has 1 aliphatic rings. The van der Waals surface area contributed by atoms with Crippen LogP contribution in [0.1, 0.15) is 45.1 Å². The van der Waals surface area contributed by atoms with E-state index < -0.39 is 5.60 Å². The largest absolute Gasteiger partial charge is 0.444 e. The first-order valence-electron chi connectivity index (χ1n) is 9.39. The van der Waals surface area contributed by atoms with Crippen LogP contribution < -0.4 is 5.32 Å². The predicted molar refractivity (Wildman–Crippen MR) is 111 cm³/mol. The first-order valence-corrected chi connectivity index (χ1v) is 10.6. The number of likely N-dealkylation sites (tertiary alicyclic amines) is 1. The maximum atomic E-state index is 12.2. The average molecular weight is 424 g/mol. The topological polar surface area (TPSA) is 80.2 Å². The number of nitrogens with zero attached hydrogens (tertiary/aromatic N) is 4. The molecule has 0 bridgehead atoms. The van der Waals surface area contributed by atoms with Crippen molar-refractivity contribution in [3.63, 3.8) is 0 Å². The van der Waals surface area contributed by atoms with E-state index in [1.54, 1.807) is 11.1 Å². The number of anilines is 2. The Morgan fingerprint density at radius 3 is 2.68 bits per heavy atom. The Morgan fingerprint density at radius 1 is 1.36 bits per heavy atom. The van der Waals surface area contributed by atoms with Gasteiger partial charge in [-0.1, -0.05) is 22.9 Å². The molecule has 3 rings (SSSR count). The standard InChI is InChI=1S/C19H26ClN5O2S/c1-12-9-15(24-17-21-11-14(20)28-17)23-16(22-12)10-13-5-7-25(8-6-13)18(26)27-19(2,3)4/h9,11,13H,5-8,10H2,1-4H3,(H,21,22,23,24). The van der Waals surface area contributed by atoms with Crippen molar-refractivity contribution < 1.29 is 9.53 Å². The van der Waals surface area contributed by atoms with E-state index >= 15 is 0 Å². The van der Waals surface area contributed by atoms with Crippen LogP contribution >= 0.6 is 22.9 Å². The summed E-state index contributed by atoms with van der Waals surface area (Å²) in [4.78, 5) is 27.4. The third-order valence-corrected chi connectivity index (χ3v) is 5.38. The molecule has 0 spiro atoms. The molecule has 0 saturated carbocycles. The Kier molecular flexibility index (Phi) is 6.40. The number of piperidine rings is 1. The van der Waals surface area contributed by atoms with Crippen molar-refractivity contribution in [1.29, 1.82) is 0 Å². The summed E-state index contributed by atoms with van der Waals surface area (Å²) in [6, 6.07) is 1.89. The Labute approximate surface area is 174 Å². The number of hydrogen-bond donors (Lipinski definition) is 1. The van der Waals surface area contributed by atoms with Crippen LogP contribution in [0.15, 0.2) is 12.3 Å². The normalized spacial score (nSPS) is 15.5. The summed E-state index contributed by atoms with van der Waals surface area (Å²) in [6.07, 6.45) is 4.01. The number of amides is 1. The highest BCUT2D eigenvalue weighted by Gasteiger charge is 2.27. The second-order valence-electron chi connectivity index (χ2n) is 8.02. The molecule has 1 N–H and O–H groups in total. The number of hydrogen-bond acceptors (Lipinski definition) is 7. The number of carbonyl (C=O) groups excluding carboxylic acids is 1. The molecule has 2 aromatic heterocycles. The van der Waals surface area contributed by atoms with Crippen LogP contribution in [-0.2, 0) is 11.2 Å². The number of nitrogens with one attached hydrogen (secondary N) is 1. The molecule has 1 amide bonds. The van der Waals surface area contributed by atoms with Crippen LogP contribution in [0.2, 0.25) is 4.34 Å². The molecular weight excluding hydrogens is 398 g/mol. The van der Waals surface area contributed by atoms with Crippen molar-refractivity contribution in [2.24, 2.45) is 5.92 Å². The lowest BCUT2D eigenvalue weighted by Crippen LogP contribution is -2.42. The van der Waals surface area contributed by atoms with Gasteiger partial charge in [-0.25, -0.2) is 19.7 Å². The summed E-state index contributed by atoms with van der Waals surface area (Å²) >= 11 is 7.30. The average Bonchev–Trinajstić information content (AvgIpc) is 2.98. The molecule has 152 valence electrons. The van der Waals surface area contributed by atoms with Crippen LogP contribution in [0.4, 0.5) is 15.7 Å². The molecule has 1 saturated heterocycles. The van der Waals surface area contributed by atoms with Gasteiger partial charge in [0, 0.05) is 31.3 Å². The van der Waals surface area contributed by atoms with Gasteiger partial charge in [0.15, 0.2) is 5.13 Å². The molecule has 28 heavy (non-hydrogen) atoms. The van der Waals surface area contributed by atoms with E-state index in [0.29, 0.717) is 28.5 Å². The molecule has 1 fully saturated rings. The van der Waals surface area contributed by atoms with Gasteiger partial charge in [-0.05, 0) is 46.5 Å². The Morgan fingerprint density at radius 2 is 2.07 bits per heavy atom. The lowest BCUT2D eigenvalue weighted by atomic mass is 9.93. The van der Waals surface area contributed by atoms with Gasteiger partial charge in [-0.2, -0.15) is 0 Å². The SMILES string of the molecule is Cc1cc(Nc2ncc(Cl)s2)nc(CC2CCN(C(=O)OC(C)(C)C)CC2)n1. The third kappa shape index (κ3) is 6.04. The van der Waals surface area contributed by atoms with Crippen molar-refractivity contribution in [1.82, 2.24) is 19.9 Å². The minimum absolute atomic E-state index is 0.230. The smallest absolute Gasteiger partial charge is 0.410 e. The van der Waals surface area contributed by atoms with Crippen molar-refractivity contribution in [3.05, 3.63) is 28.1 Å². The van der Waals surface area contributed by atoms with E-state index in [0.717, 1.165) is 36.6 Å². The van der Waals surface area contributed by atoms with Gasteiger partial charge in [0.1, 0.15) is 21.6 Å². The van der Waals surface area contributed by atoms with E-state index in [4.69, 9.17) is 16.3 Å². The first kappa shape index (κ1) is 20.8. The lowest BCUT2D eigenvalue weighted by molar-refractivity contribution is 0.0184. The molecule has 7 nitrogen and oxygen atoms in total. The molecule has 3 heterocycles. The van der Waals surface area contributed by atoms with Crippen LogP contribution in [0.25, 0.3) is 0 Å². The fraction of sp³-hybridized carbons (Fsp3) is 0.579. The van der Waals surface area contributed by atoms with E-state index in [1.807, 2.05) is 33.8 Å². The summed E-state index contributed by atoms with van der Waals surface area (Å²) in [6.45, 7) is 9.02. The zero-order valence-corrected chi connectivity index (χ0v) is 18.2. The molecule has 0 aromatic carbocycles. The summed E-state index contributed by atoms with van der Waals surface area (Å²) in [5, 5.41) is 3.90. The predicted octanol–water partition coefficient (Wildman–Crippen LogP) is 4.83. The highest BCUT2D eigenvalue weighted by Crippen LogP contribution is 2.26. The molecule has 1 aliphatic heterocycles. The van der Waals surface area contributed by atoms with Gasteiger partial charge in [0.05, 0.1) is 6.20 Å². The molecule has 0 unspecified atom stereocenters. The van der Waals surface area contributed by atoms with Crippen LogP contribution in [0, 0.1) is 12.8 Å². The van der Waals surface area contributed by atoms with Crippen molar-refractivity contribution in [2.45, 2.75) is 52.6 Å². The van der Waals surface area contributed by atoms with Gasteiger partial charge in [0.25, 0.3) is 0 Å². The number of aromatic nitrogens is 3. The molecule has 0 aliphatic carbocycles. The van der Waals surface area contributed by atoms with Crippen molar-refractivity contribution in [3.8, 4) is 0 Å². The van der Waals surface area contributed by atoms with E-state index in [-0.39, 0.29) is 6.09 Å². The molecule has 9 heteroatoms. The lowest BCUT2D eigenvalue weighted by Gasteiger charge is -2.33. The van der Waals surface area contributed by atoms with E-state index in [1.165, 1.54) is 11.3 Å². The fourth-order valence-corrected chi connectivity index (χ4v) is 3.93. The van der Waals surface area contributed by atoms with Crippen molar-refractivity contribution >= 4 is 40.0 Å². The minimum atomic E-state index is -0.464. The summed E-state index contributed by atoms with van der Waals surface area (Å²) in [5.74, 6) is 1.98. The van der Waals surface area contributed by atoms with Gasteiger partial charge in [0.2, 0.25) is 0 Å². The van der Waals surface area contributed by atoms with Crippen LogP contribution in [-0.4, -0.2) is 44.6 Å². The Bertz CT molecular complexity index is 828. The number of halogens is 1. The van der Waals surface area contributed by atoms with E-state index in [2.05, 4.69) is 20.3 Å². The zero-order chi connectivity index (χ0) is 20.3. The monoisotopic (exact) mass is 423 g/mol. The van der Waals surface area contributed by atoms with E-state index in [9.17, 15) is 4.79 Å². The number of carbonyl (C=O) groups is 1. The van der Waals surface area contributed by atoms with Gasteiger partial charge in [-0.15, -0.1) is 0 Å². The number of rotatable bonds is 4. The van der Waals surface area contributed by atoms with Gasteiger partial charge < -0.3 is 15.0 Å². The highest BCUT2D eigenvalue weighted by molar-refractivity contribution is 7.19. The summed E-state index contributed by atoms with van der Waals surface area (Å²) in [7, 11) is 0. The molecule has 2 aromatic rings. The second-order valence-corrected chi connectivity index (χ2v) is 9.68. The maximum absolute atomic E-state index is 12.2. The first-order chi connectivity index (χ1) is 13.2. The van der Waals surface area contributed by atoms with Crippen LogP contribution in [0.5, 0.6) is 0 Å². The summed E-state index contributed by atoms with van der Waals surface area (Å²) < 4.78 is 6.09. The van der Waals surface area contributed by atoms with Gasteiger partial charge in [-0.3, -0.25) is 0 Å².